The molecule has 0 aliphatic carbocycles. The molecule has 0 spiro atoms. The lowest BCUT2D eigenvalue weighted by atomic mass is 10.0. The summed E-state index contributed by atoms with van der Waals surface area (Å²) in [6, 6.07) is -0.867. The van der Waals surface area contributed by atoms with Crippen LogP contribution in [0.5, 0.6) is 0 Å². The van der Waals surface area contributed by atoms with Crippen molar-refractivity contribution < 1.29 is 32.9 Å². The molecule has 8 nitrogen and oxygen atoms in total. The first-order valence-electron chi connectivity index (χ1n) is 32.9. The summed E-state index contributed by atoms with van der Waals surface area (Å²) in [7, 11) is 1.56. The second-order valence-electron chi connectivity index (χ2n) is 23.8. The Morgan fingerprint density at radius 2 is 0.733 bits per heavy atom. The molecule has 0 radical (unpaired) electrons. The van der Waals surface area contributed by atoms with E-state index < -0.39 is 20.0 Å². The number of quaternary nitrogens is 1. The molecule has 3 unspecified atom stereocenters. The molecule has 75 heavy (non-hydrogen) atoms. The fourth-order valence-corrected chi connectivity index (χ4v) is 10.7. The van der Waals surface area contributed by atoms with Crippen LogP contribution in [0.15, 0.2) is 36.5 Å². The summed E-state index contributed by atoms with van der Waals surface area (Å²) < 4.78 is 23.7. The predicted octanol–water partition coefficient (Wildman–Crippen LogP) is 20.5. The van der Waals surface area contributed by atoms with Crippen molar-refractivity contribution in [2.45, 2.75) is 341 Å². The Hall–Kier alpha value is -1.28. The number of amides is 1. The van der Waals surface area contributed by atoms with Crippen molar-refractivity contribution in [2.75, 3.05) is 40.9 Å². The molecule has 0 aromatic carbocycles. The van der Waals surface area contributed by atoms with Crippen molar-refractivity contribution in [1.82, 2.24) is 5.32 Å². The Balaban J connectivity index is 3.83. The smallest absolute Gasteiger partial charge is 0.387 e. The average Bonchev–Trinajstić information content (AvgIpc) is 3.37. The van der Waals surface area contributed by atoms with E-state index in [-0.39, 0.29) is 19.1 Å². The SMILES string of the molecule is CCCCC/C=C/CC/C=C/CC/C=C/C(O)C(COP(=O)(O)OCC[N+](C)(C)C)NC(=O)CCCCCCCCCCCCCCCCCCCCCCCCCCCCCCCCCCCCCCCCCC. The highest BCUT2D eigenvalue weighted by Gasteiger charge is 2.28. The predicted molar refractivity (Wildman–Crippen MR) is 328 cm³/mol. The molecule has 0 aromatic rings. The second-order valence-corrected chi connectivity index (χ2v) is 25.3. The highest BCUT2D eigenvalue weighted by molar-refractivity contribution is 7.47. The molecule has 9 heteroatoms. The van der Waals surface area contributed by atoms with Gasteiger partial charge in [0.25, 0.3) is 0 Å². The van der Waals surface area contributed by atoms with Gasteiger partial charge in [0.15, 0.2) is 0 Å². The average molecular weight is 1080 g/mol. The molecule has 444 valence electrons. The summed E-state index contributed by atoms with van der Waals surface area (Å²) in [5.41, 5.74) is 0. The number of hydrogen-bond donors (Lipinski definition) is 3. The highest BCUT2D eigenvalue weighted by atomic mass is 31.2. The molecule has 0 rings (SSSR count). The lowest BCUT2D eigenvalue weighted by Gasteiger charge is -2.25. The molecule has 0 fully saturated rings. The van der Waals surface area contributed by atoms with Crippen LogP contribution >= 0.6 is 7.82 Å². The van der Waals surface area contributed by atoms with Gasteiger partial charge in [-0.3, -0.25) is 13.8 Å². The van der Waals surface area contributed by atoms with Gasteiger partial charge in [-0.25, -0.2) is 4.57 Å². The van der Waals surface area contributed by atoms with Crippen LogP contribution in [0.4, 0.5) is 0 Å². The van der Waals surface area contributed by atoms with Crippen molar-refractivity contribution in [3.8, 4) is 0 Å². The van der Waals surface area contributed by atoms with Crippen LogP contribution in [0.1, 0.15) is 328 Å². The van der Waals surface area contributed by atoms with Crippen molar-refractivity contribution in [1.29, 1.82) is 0 Å². The molecule has 0 aromatic heterocycles. The lowest BCUT2D eigenvalue weighted by Crippen LogP contribution is -2.45. The van der Waals surface area contributed by atoms with E-state index in [0.717, 1.165) is 51.4 Å². The molecular weight excluding hydrogens is 948 g/mol. The number of allylic oxidation sites excluding steroid dienone is 5. The molecule has 0 bridgehead atoms. The number of rotatable bonds is 61. The maximum absolute atomic E-state index is 13.0. The first kappa shape index (κ1) is 73.7. The minimum absolute atomic E-state index is 0.0549. The Morgan fingerprint density at radius 3 is 1.07 bits per heavy atom. The van der Waals surface area contributed by atoms with Crippen molar-refractivity contribution in [3.05, 3.63) is 36.5 Å². The highest BCUT2D eigenvalue weighted by Crippen LogP contribution is 2.43. The topological polar surface area (TPSA) is 105 Å². The van der Waals surface area contributed by atoms with Crippen LogP contribution in [0, 0.1) is 0 Å². The fourth-order valence-electron chi connectivity index (χ4n) is 9.96. The third kappa shape index (κ3) is 60.2. The van der Waals surface area contributed by atoms with Crippen LogP contribution in [0.25, 0.3) is 0 Å². The van der Waals surface area contributed by atoms with E-state index in [2.05, 4.69) is 43.5 Å². The number of unbranched alkanes of at least 4 members (excludes halogenated alkanes) is 44. The number of aliphatic hydroxyl groups excluding tert-OH is 1. The van der Waals surface area contributed by atoms with Gasteiger partial charge in [-0.1, -0.05) is 314 Å². The van der Waals surface area contributed by atoms with E-state index >= 15 is 0 Å². The zero-order chi connectivity index (χ0) is 54.9. The molecule has 1 amide bonds. The molecule has 0 aliphatic heterocycles. The van der Waals surface area contributed by atoms with E-state index in [4.69, 9.17) is 9.05 Å². The van der Waals surface area contributed by atoms with Gasteiger partial charge >= 0.3 is 7.82 Å². The number of hydrogen-bond acceptors (Lipinski definition) is 5. The van der Waals surface area contributed by atoms with Gasteiger partial charge < -0.3 is 19.8 Å². The van der Waals surface area contributed by atoms with E-state index in [1.54, 1.807) is 6.08 Å². The zero-order valence-electron chi connectivity index (χ0n) is 50.8. The Labute approximate surface area is 467 Å². The summed E-state index contributed by atoms with van der Waals surface area (Å²) in [6.07, 6.45) is 76.1. The monoisotopic (exact) mass is 1080 g/mol. The van der Waals surface area contributed by atoms with Crippen LogP contribution < -0.4 is 5.32 Å². The lowest BCUT2D eigenvalue weighted by molar-refractivity contribution is -0.870. The normalized spacial score (nSPS) is 14.0. The van der Waals surface area contributed by atoms with Gasteiger partial charge in [0.05, 0.1) is 39.9 Å². The summed E-state index contributed by atoms with van der Waals surface area (Å²) in [4.78, 5) is 23.3. The standard InChI is InChI=1S/C66H129N2O6P/c1-6-8-10-12-14-16-18-20-21-22-23-24-25-26-27-28-29-30-31-32-33-34-35-36-37-38-39-40-41-42-43-44-45-46-48-50-52-54-56-58-60-66(70)67-64(63-74-75(71,72)73-62-61-68(3,4)5)65(69)59-57-55-53-51-49-47-19-17-15-13-11-9-7-2/h15,17,49,51,57,59,64-65,69H,6-14,16,18-48,50,52-56,58,60-63H2,1-5H3,(H-,67,70,71,72)/p+1/b17-15+,51-49+,59-57+. The van der Waals surface area contributed by atoms with Crippen LogP contribution in [0.3, 0.4) is 0 Å². The number of likely N-dealkylation sites (N-methyl/N-ethyl adjacent to an activating group) is 1. The summed E-state index contributed by atoms with van der Waals surface area (Å²) in [5.74, 6) is -0.186. The van der Waals surface area contributed by atoms with Gasteiger partial charge in [-0.15, -0.1) is 0 Å². The number of phosphoric acid groups is 1. The van der Waals surface area contributed by atoms with E-state index in [1.165, 1.54) is 257 Å². The van der Waals surface area contributed by atoms with Gasteiger partial charge in [0, 0.05) is 6.42 Å². The Morgan fingerprint density at radius 1 is 0.440 bits per heavy atom. The molecule has 0 saturated carbocycles. The first-order chi connectivity index (χ1) is 36.5. The number of nitrogens with one attached hydrogen (secondary N) is 1. The molecule has 0 heterocycles. The first-order valence-corrected chi connectivity index (χ1v) is 34.4. The van der Waals surface area contributed by atoms with Crippen molar-refractivity contribution >= 4 is 13.7 Å². The van der Waals surface area contributed by atoms with E-state index in [0.29, 0.717) is 17.4 Å². The fraction of sp³-hybridized carbons (Fsp3) is 0.894. The Kier molecular flexibility index (Phi) is 56.4. The molecule has 0 aliphatic rings. The quantitative estimate of drug-likeness (QED) is 0.0243. The number of carbonyl (C=O) groups is 1. The molecule has 0 saturated heterocycles. The van der Waals surface area contributed by atoms with E-state index in [9.17, 15) is 19.4 Å². The molecule has 3 N–H and O–H groups in total. The van der Waals surface area contributed by atoms with Crippen molar-refractivity contribution in [2.24, 2.45) is 0 Å². The third-order valence-electron chi connectivity index (χ3n) is 15.1. The summed E-state index contributed by atoms with van der Waals surface area (Å²) in [6.45, 7) is 4.79. The van der Waals surface area contributed by atoms with Gasteiger partial charge in [-0.05, 0) is 44.9 Å². The van der Waals surface area contributed by atoms with Gasteiger partial charge in [0.1, 0.15) is 13.2 Å². The van der Waals surface area contributed by atoms with E-state index in [1.807, 2.05) is 27.2 Å². The zero-order valence-corrected chi connectivity index (χ0v) is 51.7. The largest absolute Gasteiger partial charge is 0.472 e. The minimum atomic E-state index is -4.35. The number of aliphatic hydroxyl groups is 1. The molecule has 3 atom stereocenters. The maximum atomic E-state index is 13.0. The van der Waals surface area contributed by atoms with Gasteiger partial charge in [-0.2, -0.15) is 0 Å². The second kappa shape index (κ2) is 57.4. The summed E-state index contributed by atoms with van der Waals surface area (Å²) >= 11 is 0. The molecular formula is C66H130N2O6P+. The van der Waals surface area contributed by atoms with Crippen molar-refractivity contribution in [3.63, 3.8) is 0 Å². The number of nitrogens with zero attached hydrogens (tertiary/aromatic N) is 1. The maximum Gasteiger partial charge on any atom is 0.472 e. The Bertz CT molecular complexity index is 1320. The summed E-state index contributed by atoms with van der Waals surface area (Å²) in [5, 5.41) is 13.9. The number of phosphoric ester groups is 1. The van der Waals surface area contributed by atoms with Crippen LogP contribution in [-0.2, 0) is 18.4 Å². The minimum Gasteiger partial charge on any atom is -0.387 e. The number of carbonyl (C=O) groups excluding carboxylic acids is 1. The van der Waals surface area contributed by atoms with Crippen LogP contribution in [0.2, 0.25) is 0 Å². The van der Waals surface area contributed by atoms with Crippen LogP contribution in [-0.4, -0.2) is 73.4 Å². The van der Waals surface area contributed by atoms with Gasteiger partial charge in [0.2, 0.25) is 5.91 Å². The third-order valence-corrected chi connectivity index (χ3v) is 16.1.